The Morgan fingerprint density at radius 3 is 3.00 bits per heavy atom. The largest absolute Gasteiger partial charge is 0.368 e. The van der Waals surface area contributed by atoms with Crippen LogP contribution >= 0.6 is 0 Å². The van der Waals surface area contributed by atoms with Crippen molar-refractivity contribution in [3.05, 3.63) is 23.8 Å². The average Bonchev–Trinajstić information content (AvgIpc) is 2.17. The highest BCUT2D eigenvalue weighted by Crippen LogP contribution is 1.93. The van der Waals surface area contributed by atoms with Crippen molar-refractivity contribution < 1.29 is 4.79 Å². The number of nitrogens with zero attached hydrogens (tertiary/aromatic N) is 2. The molecule has 0 saturated heterocycles. The summed E-state index contributed by atoms with van der Waals surface area (Å²) in [7, 11) is 0. The minimum Gasteiger partial charge on any atom is -0.368 e. The monoisotopic (exact) mass is 209 g/mol. The molecule has 0 aliphatic carbocycles. The van der Waals surface area contributed by atoms with E-state index in [0.717, 1.165) is 5.69 Å². The first-order valence-electron chi connectivity index (χ1n) is 4.63. The Balaban J connectivity index is 2.35. The maximum atomic E-state index is 10.6. The Morgan fingerprint density at radius 2 is 2.40 bits per heavy atom. The molecule has 1 atom stereocenters. The van der Waals surface area contributed by atoms with Crippen molar-refractivity contribution in [1.29, 1.82) is 0 Å². The second-order valence-corrected chi connectivity index (χ2v) is 3.23. The lowest BCUT2D eigenvalue weighted by atomic mass is 10.3. The summed E-state index contributed by atoms with van der Waals surface area (Å²) in [5, 5.41) is 2.99. The Hall–Kier alpha value is -1.53. The van der Waals surface area contributed by atoms with E-state index in [4.69, 9.17) is 11.5 Å². The third-order valence-electron chi connectivity index (χ3n) is 1.87. The van der Waals surface area contributed by atoms with Crippen LogP contribution in [0.25, 0.3) is 0 Å². The number of carbonyl (C=O) groups excluding carboxylic acids is 1. The first-order chi connectivity index (χ1) is 7.09. The lowest BCUT2D eigenvalue weighted by molar-refractivity contribution is -0.119. The molecular formula is C9H15N5O. The zero-order chi connectivity index (χ0) is 11.3. The van der Waals surface area contributed by atoms with Crippen LogP contribution in [0.2, 0.25) is 0 Å². The molecule has 0 aliphatic heterocycles. The lowest BCUT2D eigenvalue weighted by Gasteiger charge is -2.08. The summed E-state index contributed by atoms with van der Waals surface area (Å²) in [5.74, 6) is 0.204. The third-order valence-corrected chi connectivity index (χ3v) is 1.87. The van der Waals surface area contributed by atoms with Gasteiger partial charge >= 0.3 is 0 Å². The smallest absolute Gasteiger partial charge is 0.235 e. The number of carbonyl (C=O) groups is 1. The van der Waals surface area contributed by atoms with E-state index in [1.54, 1.807) is 12.3 Å². The SMILES string of the molecule is Cc1nccc(CNCC(N)C(N)=O)n1. The van der Waals surface area contributed by atoms with Gasteiger partial charge in [0.2, 0.25) is 5.91 Å². The van der Waals surface area contributed by atoms with E-state index in [1.807, 2.05) is 6.92 Å². The molecule has 1 aromatic rings. The quantitative estimate of drug-likeness (QED) is 0.558. The predicted octanol–water partition coefficient (Wildman–Crippen LogP) is -1.31. The van der Waals surface area contributed by atoms with Gasteiger partial charge < -0.3 is 16.8 Å². The molecule has 1 unspecified atom stereocenters. The third kappa shape index (κ3) is 4.01. The molecule has 1 aromatic heterocycles. The number of hydrogen-bond donors (Lipinski definition) is 3. The summed E-state index contributed by atoms with van der Waals surface area (Å²) in [6, 6.07) is 1.14. The molecule has 15 heavy (non-hydrogen) atoms. The molecule has 82 valence electrons. The van der Waals surface area contributed by atoms with Gasteiger partial charge in [0, 0.05) is 19.3 Å². The summed E-state index contributed by atoms with van der Waals surface area (Å²) in [6.07, 6.45) is 1.69. The van der Waals surface area contributed by atoms with Gasteiger partial charge in [0.1, 0.15) is 5.82 Å². The van der Waals surface area contributed by atoms with E-state index in [1.165, 1.54) is 0 Å². The van der Waals surface area contributed by atoms with Gasteiger partial charge in [-0.2, -0.15) is 0 Å². The zero-order valence-electron chi connectivity index (χ0n) is 8.60. The summed E-state index contributed by atoms with van der Waals surface area (Å²) < 4.78 is 0. The number of aryl methyl sites for hydroxylation is 1. The van der Waals surface area contributed by atoms with Crippen LogP contribution in [0.1, 0.15) is 11.5 Å². The fourth-order valence-corrected chi connectivity index (χ4v) is 1.06. The highest BCUT2D eigenvalue weighted by Gasteiger charge is 2.07. The van der Waals surface area contributed by atoms with Crippen molar-refractivity contribution in [3.63, 3.8) is 0 Å². The Morgan fingerprint density at radius 1 is 1.67 bits per heavy atom. The van der Waals surface area contributed by atoms with E-state index >= 15 is 0 Å². The van der Waals surface area contributed by atoms with Crippen LogP contribution in [0.5, 0.6) is 0 Å². The number of amides is 1. The van der Waals surface area contributed by atoms with Gasteiger partial charge in [-0.1, -0.05) is 0 Å². The normalized spacial score (nSPS) is 12.4. The highest BCUT2D eigenvalue weighted by atomic mass is 16.1. The molecule has 0 saturated carbocycles. The minimum absolute atomic E-state index is 0.346. The molecule has 1 amide bonds. The molecule has 1 rings (SSSR count). The van der Waals surface area contributed by atoms with Crippen LogP contribution in [0, 0.1) is 6.92 Å². The fourth-order valence-electron chi connectivity index (χ4n) is 1.06. The van der Waals surface area contributed by atoms with E-state index < -0.39 is 11.9 Å². The molecule has 1 heterocycles. The van der Waals surface area contributed by atoms with Gasteiger partial charge in [-0.3, -0.25) is 4.79 Å². The van der Waals surface area contributed by atoms with Gasteiger partial charge in [0.15, 0.2) is 0 Å². The Labute approximate surface area is 88.1 Å². The summed E-state index contributed by atoms with van der Waals surface area (Å²) in [4.78, 5) is 18.8. The van der Waals surface area contributed by atoms with Crippen molar-refractivity contribution in [2.45, 2.75) is 19.5 Å². The topological polar surface area (TPSA) is 107 Å². The molecule has 0 fully saturated rings. The van der Waals surface area contributed by atoms with Crippen molar-refractivity contribution in [2.24, 2.45) is 11.5 Å². The molecule has 6 heteroatoms. The minimum atomic E-state index is -0.659. The Kier molecular flexibility index (Phi) is 4.14. The number of primary amides is 1. The maximum absolute atomic E-state index is 10.6. The first kappa shape index (κ1) is 11.5. The van der Waals surface area contributed by atoms with Crippen LogP contribution < -0.4 is 16.8 Å². The second-order valence-electron chi connectivity index (χ2n) is 3.23. The van der Waals surface area contributed by atoms with Crippen molar-refractivity contribution in [3.8, 4) is 0 Å². The molecule has 5 N–H and O–H groups in total. The fraction of sp³-hybridized carbons (Fsp3) is 0.444. The van der Waals surface area contributed by atoms with Gasteiger partial charge in [-0.15, -0.1) is 0 Å². The van der Waals surface area contributed by atoms with Crippen LogP contribution in [0.4, 0.5) is 0 Å². The molecule has 0 aromatic carbocycles. The number of rotatable bonds is 5. The molecule has 6 nitrogen and oxygen atoms in total. The van der Waals surface area contributed by atoms with Crippen molar-refractivity contribution in [2.75, 3.05) is 6.54 Å². The molecule has 0 spiro atoms. The number of nitrogens with two attached hydrogens (primary N) is 2. The van der Waals surface area contributed by atoms with Gasteiger partial charge in [-0.25, -0.2) is 9.97 Å². The summed E-state index contributed by atoms with van der Waals surface area (Å²) in [6.45, 7) is 2.71. The van der Waals surface area contributed by atoms with Crippen LogP contribution in [-0.4, -0.2) is 28.5 Å². The molecular weight excluding hydrogens is 194 g/mol. The second kappa shape index (κ2) is 5.38. The standard InChI is InChI=1S/C9H15N5O/c1-6-13-3-2-7(14-6)4-12-5-8(10)9(11)15/h2-3,8,12H,4-5,10H2,1H3,(H2,11,15). The van der Waals surface area contributed by atoms with Gasteiger partial charge in [0.05, 0.1) is 11.7 Å². The highest BCUT2D eigenvalue weighted by molar-refractivity contribution is 5.79. The van der Waals surface area contributed by atoms with Crippen molar-refractivity contribution in [1.82, 2.24) is 15.3 Å². The Bertz CT molecular complexity index is 341. The molecule has 0 aliphatic rings. The molecule has 0 bridgehead atoms. The first-order valence-corrected chi connectivity index (χ1v) is 4.63. The van der Waals surface area contributed by atoms with Crippen LogP contribution in [0.15, 0.2) is 12.3 Å². The summed E-state index contributed by atoms with van der Waals surface area (Å²) >= 11 is 0. The lowest BCUT2D eigenvalue weighted by Crippen LogP contribution is -2.44. The van der Waals surface area contributed by atoms with Crippen LogP contribution in [0.3, 0.4) is 0 Å². The average molecular weight is 209 g/mol. The van der Waals surface area contributed by atoms with E-state index in [9.17, 15) is 4.79 Å². The number of aromatic nitrogens is 2. The zero-order valence-corrected chi connectivity index (χ0v) is 8.60. The van der Waals surface area contributed by atoms with E-state index in [2.05, 4.69) is 15.3 Å². The van der Waals surface area contributed by atoms with Gasteiger partial charge in [-0.05, 0) is 13.0 Å². The van der Waals surface area contributed by atoms with E-state index in [-0.39, 0.29) is 0 Å². The van der Waals surface area contributed by atoms with E-state index in [0.29, 0.717) is 18.9 Å². The summed E-state index contributed by atoms with van der Waals surface area (Å²) in [5.41, 5.74) is 11.3. The van der Waals surface area contributed by atoms with Crippen LogP contribution in [-0.2, 0) is 11.3 Å². The van der Waals surface area contributed by atoms with Crippen molar-refractivity contribution >= 4 is 5.91 Å². The van der Waals surface area contributed by atoms with Gasteiger partial charge in [0.25, 0.3) is 0 Å². The number of nitrogens with one attached hydrogen (secondary N) is 1. The maximum Gasteiger partial charge on any atom is 0.235 e. The number of hydrogen-bond acceptors (Lipinski definition) is 5. The predicted molar refractivity (Wildman–Crippen MR) is 55.6 cm³/mol. The molecule has 0 radical (unpaired) electrons.